The Morgan fingerprint density at radius 2 is 2.04 bits per heavy atom. The van der Waals surface area contributed by atoms with E-state index >= 15 is 0 Å². The molecule has 1 heterocycles. The molecule has 4 rings (SSSR count). The summed E-state index contributed by atoms with van der Waals surface area (Å²) in [6, 6.07) is 8.21. The van der Waals surface area contributed by atoms with Gasteiger partial charge in [0.15, 0.2) is 0 Å². The van der Waals surface area contributed by atoms with E-state index in [-0.39, 0.29) is 5.69 Å². The van der Waals surface area contributed by atoms with Crippen molar-refractivity contribution < 1.29 is 23.9 Å². The van der Waals surface area contributed by atoms with Gasteiger partial charge in [0.25, 0.3) is 0 Å². The molecule has 2 unspecified atom stereocenters. The number of hydrogen-bond donors (Lipinski definition) is 1. The monoisotopic (exact) mass is 380 g/mol. The molecule has 0 spiro atoms. The molecule has 7 nitrogen and oxygen atoms in total. The van der Waals surface area contributed by atoms with Crippen LogP contribution in [0.3, 0.4) is 0 Å². The normalized spacial score (nSPS) is 20.3. The number of pyridine rings is 1. The van der Waals surface area contributed by atoms with E-state index in [4.69, 9.17) is 15.2 Å². The third-order valence-corrected chi connectivity index (χ3v) is 5.12. The summed E-state index contributed by atoms with van der Waals surface area (Å²) in [6.07, 6.45) is 4.20. The van der Waals surface area contributed by atoms with Gasteiger partial charge in [0.05, 0.1) is 12.8 Å². The topological polar surface area (TPSA) is 109 Å². The number of carbonyl (C=O) groups is 3. The zero-order valence-electron chi connectivity index (χ0n) is 15.2. The fourth-order valence-corrected chi connectivity index (χ4v) is 3.44. The SMILES string of the molecule is NC(=O)C1c2ccc(C=O)cc2CC1OC(=O)c1ccc(OCC2CC2)cn1. The number of aromatic nitrogens is 1. The number of benzene rings is 1. The van der Waals surface area contributed by atoms with Crippen molar-refractivity contribution in [3.05, 3.63) is 58.9 Å². The Morgan fingerprint density at radius 3 is 2.68 bits per heavy atom. The molecule has 0 bridgehead atoms. The number of amides is 1. The van der Waals surface area contributed by atoms with Gasteiger partial charge in [-0.3, -0.25) is 9.59 Å². The van der Waals surface area contributed by atoms with Crippen LogP contribution in [-0.2, 0) is 16.0 Å². The Kier molecular flexibility index (Phi) is 4.81. The molecule has 7 heteroatoms. The number of rotatable bonds is 7. The molecular formula is C21H20N2O5. The van der Waals surface area contributed by atoms with Crippen molar-refractivity contribution in [2.75, 3.05) is 6.61 Å². The average molecular weight is 380 g/mol. The number of primary amides is 1. The molecule has 28 heavy (non-hydrogen) atoms. The molecule has 0 radical (unpaired) electrons. The Bertz CT molecular complexity index is 921. The van der Waals surface area contributed by atoms with Crippen LogP contribution in [0.5, 0.6) is 5.75 Å². The highest BCUT2D eigenvalue weighted by Crippen LogP contribution is 2.36. The van der Waals surface area contributed by atoms with Gasteiger partial charge in [0.1, 0.15) is 29.8 Å². The van der Waals surface area contributed by atoms with E-state index in [9.17, 15) is 14.4 Å². The van der Waals surface area contributed by atoms with Gasteiger partial charge in [-0.25, -0.2) is 9.78 Å². The summed E-state index contributed by atoms with van der Waals surface area (Å²) < 4.78 is 11.2. The molecule has 1 aromatic carbocycles. The lowest BCUT2D eigenvalue weighted by atomic mass is 9.98. The minimum atomic E-state index is -0.749. The van der Waals surface area contributed by atoms with E-state index in [1.54, 1.807) is 24.3 Å². The minimum Gasteiger partial charge on any atom is -0.492 e. The fraction of sp³-hybridized carbons (Fsp3) is 0.333. The summed E-state index contributed by atoms with van der Waals surface area (Å²) in [4.78, 5) is 39.5. The Labute approximate surface area is 161 Å². The molecule has 2 aliphatic carbocycles. The van der Waals surface area contributed by atoms with Crippen molar-refractivity contribution in [3.63, 3.8) is 0 Å². The Hall–Kier alpha value is -3.22. The molecule has 0 aliphatic heterocycles. The highest BCUT2D eigenvalue weighted by Gasteiger charge is 2.39. The lowest BCUT2D eigenvalue weighted by Gasteiger charge is -2.18. The van der Waals surface area contributed by atoms with Crippen LogP contribution in [-0.4, -0.2) is 35.9 Å². The van der Waals surface area contributed by atoms with Gasteiger partial charge < -0.3 is 15.2 Å². The van der Waals surface area contributed by atoms with Gasteiger partial charge in [-0.15, -0.1) is 0 Å². The molecule has 1 amide bonds. The van der Waals surface area contributed by atoms with E-state index in [1.807, 2.05) is 0 Å². The molecule has 1 aromatic heterocycles. The van der Waals surface area contributed by atoms with Gasteiger partial charge in [0.2, 0.25) is 5.91 Å². The van der Waals surface area contributed by atoms with Crippen molar-refractivity contribution in [3.8, 4) is 5.75 Å². The Morgan fingerprint density at radius 1 is 1.21 bits per heavy atom. The summed E-state index contributed by atoms with van der Waals surface area (Å²) in [5, 5.41) is 0. The number of fused-ring (bicyclic) bond motifs is 1. The number of aldehydes is 1. The quantitative estimate of drug-likeness (QED) is 0.582. The molecule has 2 aliphatic rings. The van der Waals surface area contributed by atoms with Crippen LogP contribution in [0.2, 0.25) is 0 Å². The smallest absolute Gasteiger partial charge is 0.357 e. The van der Waals surface area contributed by atoms with Crippen molar-refractivity contribution in [1.29, 1.82) is 0 Å². The molecule has 2 atom stereocenters. The lowest BCUT2D eigenvalue weighted by molar-refractivity contribution is -0.121. The summed E-state index contributed by atoms with van der Waals surface area (Å²) in [6.45, 7) is 0.662. The number of nitrogens with two attached hydrogens (primary N) is 1. The van der Waals surface area contributed by atoms with Crippen molar-refractivity contribution in [2.24, 2.45) is 11.7 Å². The maximum Gasteiger partial charge on any atom is 0.357 e. The average Bonchev–Trinajstić information content (AvgIpc) is 3.45. The van der Waals surface area contributed by atoms with E-state index < -0.39 is 23.9 Å². The molecular weight excluding hydrogens is 360 g/mol. The second kappa shape index (κ2) is 7.42. The van der Waals surface area contributed by atoms with E-state index in [0.717, 1.165) is 11.8 Å². The minimum absolute atomic E-state index is 0.131. The predicted molar refractivity (Wildman–Crippen MR) is 99.1 cm³/mol. The number of nitrogens with zero attached hydrogens (tertiary/aromatic N) is 1. The second-order valence-corrected chi connectivity index (χ2v) is 7.24. The zero-order chi connectivity index (χ0) is 19.7. The van der Waals surface area contributed by atoms with E-state index in [2.05, 4.69) is 4.98 Å². The molecule has 1 fully saturated rings. The van der Waals surface area contributed by atoms with Gasteiger partial charge in [-0.05, 0) is 48.1 Å². The molecule has 1 saturated carbocycles. The highest BCUT2D eigenvalue weighted by atomic mass is 16.5. The first-order valence-electron chi connectivity index (χ1n) is 9.22. The number of esters is 1. The second-order valence-electron chi connectivity index (χ2n) is 7.24. The largest absolute Gasteiger partial charge is 0.492 e. The molecule has 0 saturated heterocycles. The number of carbonyl (C=O) groups excluding carboxylic acids is 3. The predicted octanol–water partition coefficient (Wildman–Crippen LogP) is 2.03. The van der Waals surface area contributed by atoms with Crippen LogP contribution in [0.4, 0.5) is 0 Å². The summed E-state index contributed by atoms with van der Waals surface area (Å²) in [5.74, 6) is -0.728. The van der Waals surface area contributed by atoms with E-state index in [0.29, 0.717) is 35.8 Å². The van der Waals surface area contributed by atoms with Gasteiger partial charge in [0, 0.05) is 12.0 Å². The summed E-state index contributed by atoms with van der Waals surface area (Å²) >= 11 is 0. The van der Waals surface area contributed by atoms with Crippen molar-refractivity contribution >= 4 is 18.2 Å². The standard InChI is InChI=1S/C21H20N2O5/c22-20(25)19-16-5-3-13(10-24)7-14(16)8-18(19)28-21(26)17-6-4-15(9-23-17)27-11-12-1-2-12/h3-7,9-10,12,18-19H,1-2,8,11H2,(H2,22,25). The summed E-state index contributed by atoms with van der Waals surface area (Å²) in [7, 11) is 0. The third-order valence-electron chi connectivity index (χ3n) is 5.12. The first kappa shape index (κ1) is 18.2. The van der Waals surface area contributed by atoms with Gasteiger partial charge in [-0.2, -0.15) is 0 Å². The summed E-state index contributed by atoms with van der Waals surface area (Å²) in [5.41, 5.74) is 7.64. The van der Waals surface area contributed by atoms with Gasteiger partial charge in [-0.1, -0.05) is 12.1 Å². The highest BCUT2D eigenvalue weighted by molar-refractivity contribution is 5.89. The number of ether oxygens (including phenoxy) is 2. The maximum atomic E-state index is 12.5. The molecule has 2 aromatic rings. The van der Waals surface area contributed by atoms with Crippen LogP contribution in [0.15, 0.2) is 36.5 Å². The van der Waals surface area contributed by atoms with Crippen LogP contribution in [0, 0.1) is 5.92 Å². The molecule has 2 N–H and O–H groups in total. The van der Waals surface area contributed by atoms with Crippen LogP contribution >= 0.6 is 0 Å². The van der Waals surface area contributed by atoms with Gasteiger partial charge >= 0.3 is 5.97 Å². The fourth-order valence-electron chi connectivity index (χ4n) is 3.44. The van der Waals surface area contributed by atoms with Crippen LogP contribution in [0.1, 0.15) is 50.7 Å². The molecule has 144 valence electrons. The number of hydrogen-bond acceptors (Lipinski definition) is 6. The zero-order valence-corrected chi connectivity index (χ0v) is 15.2. The first-order chi connectivity index (χ1) is 13.5. The van der Waals surface area contributed by atoms with Crippen LogP contribution in [0.25, 0.3) is 0 Å². The van der Waals surface area contributed by atoms with Crippen molar-refractivity contribution in [2.45, 2.75) is 31.3 Å². The van der Waals surface area contributed by atoms with Crippen LogP contribution < -0.4 is 10.5 Å². The van der Waals surface area contributed by atoms with Crippen molar-refractivity contribution in [1.82, 2.24) is 4.98 Å². The first-order valence-corrected chi connectivity index (χ1v) is 9.22. The van der Waals surface area contributed by atoms with E-state index in [1.165, 1.54) is 25.1 Å². The Balaban J connectivity index is 1.45. The third kappa shape index (κ3) is 3.74. The lowest BCUT2D eigenvalue weighted by Crippen LogP contribution is -2.32. The maximum absolute atomic E-state index is 12.5.